The van der Waals surface area contributed by atoms with Gasteiger partial charge in [0.05, 0.1) is 17.7 Å². The molecule has 0 aromatic heterocycles. The Bertz CT molecular complexity index is 264. The zero-order chi connectivity index (χ0) is 11.8. The molecule has 0 radical (unpaired) electrons. The molecule has 1 amide bonds. The quantitative estimate of drug-likeness (QED) is 0.722. The maximum atomic E-state index is 12.4. The van der Waals surface area contributed by atoms with Gasteiger partial charge in [0.15, 0.2) is 0 Å². The average molecular weight is 226 g/mol. The summed E-state index contributed by atoms with van der Waals surface area (Å²) in [7, 11) is 0. The highest BCUT2D eigenvalue weighted by Crippen LogP contribution is 2.29. The maximum absolute atomic E-state index is 12.4. The molecule has 92 valence electrons. The number of amides is 1. The van der Waals surface area contributed by atoms with Crippen LogP contribution in [0.1, 0.15) is 39.5 Å². The van der Waals surface area contributed by atoms with Crippen molar-refractivity contribution in [2.75, 3.05) is 13.1 Å². The van der Waals surface area contributed by atoms with Gasteiger partial charge in [-0.05, 0) is 26.7 Å². The Morgan fingerprint density at radius 3 is 2.25 bits per heavy atom. The van der Waals surface area contributed by atoms with E-state index in [2.05, 4.69) is 0 Å². The fourth-order valence-electron chi connectivity index (χ4n) is 2.88. The molecule has 0 aromatic carbocycles. The zero-order valence-electron chi connectivity index (χ0n) is 10.2. The van der Waals surface area contributed by atoms with Crippen molar-refractivity contribution < 1.29 is 9.53 Å². The number of morpholine rings is 1. The van der Waals surface area contributed by atoms with Gasteiger partial charge in [0.25, 0.3) is 0 Å². The van der Waals surface area contributed by atoms with E-state index >= 15 is 0 Å². The molecule has 0 aromatic rings. The van der Waals surface area contributed by atoms with Crippen LogP contribution in [0.4, 0.5) is 0 Å². The largest absolute Gasteiger partial charge is 0.372 e. The first kappa shape index (κ1) is 11.9. The fourth-order valence-corrected chi connectivity index (χ4v) is 2.88. The molecule has 1 aliphatic carbocycles. The van der Waals surface area contributed by atoms with Gasteiger partial charge in [-0.25, -0.2) is 0 Å². The lowest BCUT2D eigenvalue weighted by Gasteiger charge is -2.39. The molecule has 2 aliphatic rings. The van der Waals surface area contributed by atoms with Gasteiger partial charge >= 0.3 is 0 Å². The zero-order valence-corrected chi connectivity index (χ0v) is 10.2. The predicted octanol–water partition coefficient (Wildman–Crippen LogP) is 0.894. The summed E-state index contributed by atoms with van der Waals surface area (Å²) in [5.74, 6) is 0.131. The number of carbonyl (C=O) groups excluding carboxylic acids is 1. The fraction of sp³-hybridized carbons (Fsp3) is 0.917. The molecule has 2 N–H and O–H groups in total. The van der Waals surface area contributed by atoms with E-state index in [0.717, 1.165) is 25.7 Å². The van der Waals surface area contributed by atoms with Crippen LogP contribution in [-0.4, -0.2) is 41.6 Å². The predicted molar refractivity (Wildman–Crippen MR) is 62.0 cm³/mol. The Balaban J connectivity index is 2.03. The third-order valence-electron chi connectivity index (χ3n) is 3.63. The third kappa shape index (κ3) is 2.23. The Kier molecular flexibility index (Phi) is 3.22. The van der Waals surface area contributed by atoms with Crippen LogP contribution in [0.2, 0.25) is 0 Å². The van der Waals surface area contributed by atoms with Crippen LogP contribution in [0.5, 0.6) is 0 Å². The van der Waals surface area contributed by atoms with Crippen LogP contribution in [0, 0.1) is 0 Å². The molecular weight excluding hydrogens is 204 g/mol. The topological polar surface area (TPSA) is 55.6 Å². The van der Waals surface area contributed by atoms with Crippen molar-refractivity contribution in [3.8, 4) is 0 Å². The maximum Gasteiger partial charge on any atom is 0.242 e. The lowest BCUT2D eigenvalue weighted by atomic mass is 9.96. The first-order valence-corrected chi connectivity index (χ1v) is 6.25. The second kappa shape index (κ2) is 4.34. The van der Waals surface area contributed by atoms with E-state index in [1.54, 1.807) is 0 Å². The average Bonchev–Trinajstić information content (AvgIpc) is 2.64. The standard InChI is InChI=1S/C12H22N2O2/c1-9-7-14(8-10(2)16-9)11(15)12(13)5-3-4-6-12/h9-10H,3-8,13H2,1-2H3/t9-,10+. The van der Waals surface area contributed by atoms with Gasteiger partial charge in [0.1, 0.15) is 0 Å². The molecule has 4 heteroatoms. The summed E-state index contributed by atoms with van der Waals surface area (Å²) in [6.45, 7) is 5.38. The van der Waals surface area contributed by atoms with Crippen LogP contribution in [-0.2, 0) is 9.53 Å². The first-order chi connectivity index (χ1) is 7.51. The molecule has 2 rings (SSSR count). The summed E-state index contributed by atoms with van der Waals surface area (Å²) >= 11 is 0. The Hall–Kier alpha value is -0.610. The van der Waals surface area contributed by atoms with Crippen molar-refractivity contribution >= 4 is 5.91 Å². The first-order valence-electron chi connectivity index (χ1n) is 6.25. The number of carbonyl (C=O) groups is 1. The summed E-state index contributed by atoms with van der Waals surface area (Å²) in [6, 6.07) is 0. The summed E-state index contributed by atoms with van der Waals surface area (Å²) in [5.41, 5.74) is 5.61. The molecule has 2 atom stereocenters. The van der Waals surface area contributed by atoms with E-state index in [1.165, 1.54) is 0 Å². The monoisotopic (exact) mass is 226 g/mol. The van der Waals surface area contributed by atoms with E-state index in [1.807, 2.05) is 18.7 Å². The number of hydrogen-bond acceptors (Lipinski definition) is 3. The van der Waals surface area contributed by atoms with Gasteiger partial charge < -0.3 is 15.4 Å². The van der Waals surface area contributed by atoms with Crippen LogP contribution in [0.3, 0.4) is 0 Å². The summed E-state index contributed by atoms with van der Waals surface area (Å²) < 4.78 is 5.63. The van der Waals surface area contributed by atoms with Gasteiger partial charge in [0, 0.05) is 13.1 Å². The second-order valence-corrected chi connectivity index (χ2v) is 5.33. The highest BCUT2D eigenvalue weighted by atomic mass is 16.5. The minimum atomic E-state index is -0.587. The molecule has 2 fully saturated rings. The van der Waals surface area contributed by atoms with Gasteiger partial charge in [0.2, 0.25) is 5.91 Å². The Morgan fingerprint density at radius 2 is 1.75 bits per heavy atom. The molecule has 0 bridgehead atoms. The van der Waals surface area contributed by atoms with Crippen LogP contribution >= 0.6 is 0 Å². The summed E-state index contributed by atoms with van der Waals surface area (Å²) in [4.78, 5) is 14.3. The van der Waals surface area contributed by atoms with Gasteiger partial charge in [-0.2, -0.15) is 0 Å². The van der Waals surface area contributed by atoms with Crippen molar-refractivity contribution in [3.63, 3.8) is 0 Å². The molecule has 4 nitrogen and oxygen atoms in total. The lowest BCUT2D eigenvalue weighted by Crippen LogP contribution is -2.58. The van der Waals surface area contributed by atoms with Crippen molar-refractivity contribution in [1.82, 2.24) is 4.90 Å². The van der Waals surface area contributed by atoms with Crippen molar-refractivity contribution in [1.29, 1.82) is 0 Å². The molecule has 1 saturated heterocycles. The normalized spacial score (nSPS) is 34.1. The van der Waals surface area contributed by atoms with E-state index in [-0.39, 0.29) is 18.1 Å². The van der Waals surface area contributed by atoms with Gasteiger partial charge in [-0.3, -0.25) is 4.79 Å². The molecule has 1 heterocycles. The van der Waals surface area contributed by atoms with Gasteiger partial charge in [-0.15, -0.1) is 0 Å². The molecule has 1 aliphatic heterocycles. The second-order valence-electron chi connectivity index (χ2n) is 5.33. The molecule has 1 saturated carbocycles. The molecule has 16 heavy (non-hydrogen) atoms. The third-order valence-corrected chi connectivity index (χ3v) is 3.63. The van der Waals surface area contributed by atoms with E-state index in [0.29, 0.717) is 13.1 Å². The minimum Gasteiger partial charge on any atom is -0.372 e. The smallest absolute Gasteiger partial charge is 0.242 e. The van der Waals surface area contributed by atoms with Gasteiger partial charge in [-0.1, -0.05) is 12.8 Å². The Labute approximate surface area is 97.1 Å². The number of nitrogens with zero attached hydrogens (tertiary/aromatic N) is 1. The van der Waals surface area contributed by atoms with Crippen molar-refractivity contribution in [3.05, 3.63) is 0 Å². The van der Waals surface area contributed by atoms with E-state index in [9.17, 15) is 4.79 Å². The number of rotatable bonds is 1. The Morgan fingerprint density at radius 1 is 1.25 bits per heavy atom. The molecule has 0 spiro atoms. The van der Waals surface area contributed by atoms with Crippen LogP contribution < -0.4 is 5.73 Å². The molecule has 0 unspecified atom stereocenters. The minimum absolute atomic E-state index is 0.123. The SMILES string of the molecule is C[C@@H]1CN(C(=O)C2(N)CCCC2)C[C@H](C)O1. The van der Waals surface area contributed by atoms with Crippen molar-refractivity contribution in [2.45, 2.75) is 57.3 Å². The van der Waals surface area contributed by atoms with Crippen LogP contribution in [0.15, 0.2) is 0 Å². The lowest BCUT2D eigenvalue weighted by molar-refractivity contribution is -0.148. The van der Waals surface area contributed by atoms with E-state index < -0.39 is 5.54 Å². The van der Waals surface area contributed by atoms with E-state index in [4.69, 9.17) is 10.5 Å². The van der Waals surface area contributed by atoms with Crippen molar-refractivity contribution in [2.24, 2.45) is 5.73 Å². The van der Waals surface area contributed by atoms with Crippen LogP contribution in [0.25, 0.3) is 0 Å². The summed E-state index contributed by atoms with van der Waals surface area (Å²) in [6.07, 6.45) is 4.09. The highest BCUT2D eigenvalue weighted by molar-refractivity contribution is 5.86. The molecular formula is C12H22N2O2. The summed E-state index contributed by atoms with van der Waals surface area (Å²) in [5, 5.41) is 0. The number of nitrogens with two attached hydrogens (primary N) is 1. The number of ether oxygens (including phenoxy) is 1. The number of hydrogen-bond donors (Lipinski definition) is 1. The highest BCUT2D eigenvalue weighted by Gasteiger charge is 2.41.